The van der Waals surface area contributed by atoms with Gasteiger partial charge in [0, 0.05) is 0 Å². The van der Waals surface area contributed by atoms with Crippen LogP contribution in [-0.4, -0.2) is 13.1 Å². The van der Waals surface area contributed by atoms with Crippen LogP contribution in [-0.2, 0) is 6.42 Å². The van der Waals surface area contributed by atoms with Crippen LogP contribution in [0.2, 0.25) is 0 Å². The highest BCUT2D eigenvalue weighted by molar-refractivity contribution is 5.30. The van der Waals surface area contributed by atoms with Crippen molar-refractivity contribution in [1.82, 2.24) is 5.32 Å². The Kier molecular flexibility index (Phi) is 5.54. The van der Waals surface area contributed by atoms with Crippen molar-refractivity contribution in [2.45, 2.75) is 40.5 Å². The Morgan fingerprint density at radius 3 is 2.69 bits per heavy atom. The van der Waals surface area contributed by atoms with E-state index in [1.807, 2.05) is 0 Å². The van der Waals surface area contributed by atoms with Crippen LogP contribution in [0.1, 0.15) is 37.0 Å². The van der Waals surface area contributed by atoms with Gasteiger partial charge in [-0.2, -0.15) is 0 Å². The minimum atomic E-state index is 0.763. The molecule has 1 aromatic carbocycles. The highest BCUT2D eigenvalue weighted by atomic mass is 14.8. The van der Waals surface area contributed by atoms with Gasteiger partial charge in [-0.3, -0.25) is 0 Å². The van der Waals surface area contributed by atoms with E-state index in [0.717, 1.165) is 19.0 Å². The first-order chi connectivity index (χ1) is 7.63. The topological polar surface area (TPSA) is 12.0 Å². The molecule has 1 rings (SSSR count). The molecule has 16 heavy (non-hydrogen) atoms. The number of aryl methyl sites for hydroxylation is 2. The lowest BCUT2D eigenvalue weighted by Crippen LogP contribution is -2.17. The predicted octanol–water partition coefficient (Wildman–Crippen LogP) is 3.48. The molecule has 90 valence electrons. The van der Waals surface area contributed by atoms with Crippen LogP contribution in [0.25, 0.3) is 0 Å². The molecule has 0 bridgehead atoms. The van der Waals surface area contributed by atoms with E-state index in [-0.39, 0.29) is 0 Å². The molecular weight excluding hydrogens is 194 g/mol. The molecule has 0 fully saturated rings. The van der Waals surface area contributed by atoms with Crippen LogP contribution < -0.4 is 5.32 Å². The molecule has 0 aliphatic rings. The first-order valence-electron chi connectivity index (χ1n) is 6.40. The average molecular weight is 219 g/mol. The quantitative estimate of drug-likeness (QED) is 0.722. The van der Waals surface area contributed by atoms with Crippen molar-refractivity contribution in [3.05, 3.63) is 34.9 Å². The van der Waals surface area contributed by atoms with Gasteiger partial charge >= 0.3 is 0 Å². The Balaban J connectivity index is 2.48. The molecule has 0 spiro atoms. The molecule has 1 unspecified atom stereocenters. The van der Waals surface area contributed by atoms with Crippen molar-refractivity contribution >= 4 is 0 Å². The standard InChI is InChI=1S/C15H25N/c1-5-16-9-8-13(3)11-15-10-12(2)6-7-14(15)4/h6-7,10,13,16H,5,8-9,11H2,1-4H3. The summed E-state index contributed by atoms with van der Waals surface area (Å²) < 4.78 is 0. The SMILES string of the molecule is CCNCCC(C)Cc1cc(C)ccc1C. The van der Waals surface area contributed by atoms with Crippen LogP contribution in [0.3, 0.4) is 0 Å². The van der Waals surface area contributed by atoms with Crippen molar-refractivity contribution in [2.24, 2.45) is 5.92 Å². The van der Waals surface area contributed by atoms with Crippen LogP contribution in [0.4, 0.5) is 0 Å². The second-order valence-corrected chi connectivity index (χ2v) is 4.88. The lowest BCUT2D eigenvalue weighted by atomic mass is 9.94. The Labute approximate surface area is 100 Å². The smallest absolute Gasteiger partial charge is 0.00464 e. The maximum atomic E-state index is 3.39. The molecule has 0 saturated heterocycles. The first kappa shape index (κ1) is 13.2. The van der Waals surface area contributed by atoms with E-state index >= 15 is 0 Å². The van der Waals surface area contributed by atoms with E-state index in [9.17, 15) is 0 Å². The molecule has 1 aromatic rings. The third kappa shape index (κ3) is 4.36. The van der Waals surface area contributed by atoms with E-state index < -0.39 is 0 Å². The van der Waals surface area contributed by atoms with Crippen molar-refractivity contribution in [3.8, 4) is 0 Å². The molecule has 0 aromatic heterocycles. The van der Waals surface area contributed by atoms with E-state index in [1.54, 1.807) is 0 Å². The second-order valence-electron chi connectivity index (χ2n) is 4.88. The molecular formula is C15H25N. The van der Waals surface area contributed by atoms with Gasteiger partial charge in [-0.05, 0) is 56.8 Å². The second kappa shape index (κ2) is 6.70. The molecule has 0 heterocycles. The normalized spacial score (nSPS) is 12.8. The molecule has 0 amide bonds. The zero-order chi connectivity index (χ0) is 12.0. The van der Waals surface area contributed by atoms with Gasteiger partial charge in [-0.25, -0.2) is 0 Å². The largest absolute Gasteiger partial charge is 0.317 e. The fourth-order valence-corrected chi connectivity index (χ4v) is 2.02. The first-order valence-corrected chi connectivity index (χ1v) is 6.40. The summed E-state index contributed by atoms with van der Waals surface area (Å²) in [6, 6.07) is 6.77. The Morgan fingerprint density at radius 1 is 1.25 bits per heavy atom. The van der Waals surface area contributed by atoms with Crippen molar-refractivity contribution in [1.29, 1.82) is 0 Å². The minimum absolute atomic E-state index is 0.763. The molecule has 0 saturated carbocycles. The van der Waals surface area contributed by atoms with Gasteiger partial charge in [-0.15, -0.1) is 0 Å². The maximum Gasteiger partial charge on any atom is -0.00464 e. The Bertz CT molecular complexity index is 317. The van der Waals surface area contributed by atoms with Gasteiger partial charge in [0.15, 0.2) is 0 Å². The molecule has 0 aliphatic carbocycles. The van der Waals surface area contributed by atoms with Crippen LogP contribution in [0.5, 0.6) is 0 Å². The lowest BCUT2D eigenvalue weighted by Gasteiger charge is -2.14. The van der Waals surface area contributed by atoms with Crippen LogP contribution >= 0.6 is 0 Å². The molecule has 1 nitrogen and oxygen atoms in total. The van der Waals surface area contributed by atoms with Gasteiger partial charge in [0.25, 0.3) is 0 Å². The summed E-state index contributed by atoms with van der Waals surface area (Å²) in [6.07, 6.45) is 2.47. The zero-order valence-corrected chi connectivity index (χ0v) is 11.1. The van der Waals surface area contributed by atoms with Gasteiger partial charge in [0.1, 0.15) is 0 Å². The van der Waals surface area contributed by atoms with Crippen molar-refractivity contribution in [3.63, 3.8) is 0 Å². The predicted molar refractivity (Wildman–Crippen MR) is 71.9 cm³/mol. The van der Waals surface area contributed by atoms with E-state index in [2.05, 4.69) is 51.2 Å². The fourth-order valence-electron chi connectivity index (χ4n) is 2.02. The third-order valence-electron chi connectivity index (χ3n) is 3.14. The Hall–Kier alpha value is -0.820. The number of rotatable bonds is 6. The van der Waals surface area contributed by atoms with Gasteiger partial charge in [0.2, 0.25) is 0 Å². The van der Waals surface area contributed by atoms with Crippen LogP contribution in [0.15, 0.2) is 18.2 Å². The maximum absolute atomic E-state index is 3.39. The van der Waals surface area contributed by atoms with Crippen molar-refractivity contribution < 1.29 is 0 Å². The Morgan fingerprint density at radius 2 is 2.00 bits per heavy atom. The number of hydrogen-bond donors (Lipinski definition) is 1. The summed E-state index contributed by atoms with van der Waals surface area (Å²) >= 11 is 0. The summed E-state index contributed by atoms with van der Waals surface area (Å²) in [5.74, 6) is 0.763. The third-order valence-corrected chi connectivity index (χ3v) is 3.14. The molecule has 0 aliphatic heterocycles. The summed E-state index contributed by atoms with van der Waals surface area (Å²) in [4.78, 5) is 0. The van der Waals surface area contributed by atoms with Gasteiger partial charge in [0.05, 0.1) is 0 Å². The monoisotopic (exact) mass is 219 g/mol. The summed E-state index contributed by atoms with van der Waals surface area (Å²) in [7, 11) is 0. The minimum Gasteiger partial charge on any atom is -0.317 e. The van der Waals surface area contributed by atoms with E-state index in [4.69, 9.17) is 0 Å². The zero-order valence-electron chi connectivity index (χ0n) is 11.1. The van der Waals surface area contributed by atoms with Crippen molar-refractivity contribution in [2.75, 3.05) is 13.1 Å². The fraction of sp³-hybridized carbons (Fsp3) is 0.600. The highest BCUT2D eigenvalue weighted by Crippen LogP contribution is 2.16. The average Bonchev–Trinajstić information content (AvgIpc) is 2.24. The van der Waals surface area contributed by atoms with E-state index in [0.29, 0.717) is 0 Å². The summed E-state index contributed by atoms with van der Waals surface area (Å²) in [5, 5.41) is 3.39. The number of benzene rings is 1. The summed E-state index contributed by atoms with van der Waals surface area (Å²) in [5.41, 5.74) is 4.32. The molecule has 1 N–H and O–H groups in total. The number of hydrogen-bond acceptors (Lipinski definition) is 1. The van der Waals surface area contributed by atoms with E-state index in [1.165, 1.54) is 29.5 Å². The van der Waals surface area contributed by atoms with Crippen LogP contribution in [0, 0.1) is 19.8 Å². The highest BCUT2D eigenvalue weighted by Gasteiger charge is 2.05. The summed E-state index contributed by atoms with van der Waals surface area (Å²) in [6.45, 7) is 11.1. The number of nitrogens with one attached hydrogen (secondary N) is 1. The van der Waals surface area contributed by atoms with Gasteiger partial charge < -0.3 is 5.32 Å². The molecule has 1 atom stereocenters. The lowest BCUT2D eigenvalue weighted by molar-refractivity contribution is 0.503. The molecule has 1 heteroatoms. The van der Waals surface area contributed by atoms with Gasteiger partial charge in [-0.1, -0.05) is 37.6 Å². The molecule has 0 radical (unpaired) electrons.